The summed E-state index contributed by atoms with van der Waals surface area (Å²) in [7, 11) is 0. The summed E-state index contributed by atoms with van der Waals surface area (Å²) >= 11 is 0. The highest BCUT2D eigenvalue weighted by Gasteiger charge is 2.31. The summed E-state index contributed by atoms with van der Waals surface area (Å²) in [5, 5.41) is 2.36. The van der Waals surface area contributed by atoms with Crippen LogP contribution in [0.1, 0.15) is 46.0 Å². The molecule has 6 heteroatoms. The number of piperazine rings is 1. The molecule has 1 aliphatic heterocycles. The van der Waals surface area contributed by atoms with Gasteiger partial charge in [-0.1, -0.05) is 13.3 Å². The number of carbonyl (C=O) groups excluding carboxylic acids is 3. The Morgan fingerprint density at radius 2 is 2.05 bits per heavy atom. The summed E-state index contributed by atoms with van der Waals surface area (Å²) < 4.78 is 4.85. The normalized spacial score (nSPS) is 19.8. The van der Waals surface area contributed by atoms with E-state index >= 15 is 0 Å². The first-order chi connectivity index (χ1) is 9.58. The fourth-order valence-corrected chi connectivity index (χ4v) is 2.39. The maximum atomic E-state index is 11.7. The molecule has 0 aromatic carbocycles. The molecule has 0 aromatic heterocycles. The molecule has 0 radical (unpaired) electrons. The highest BCUT2D eigenvalue weighted by Crippen LogP contribution is 2.11. The van der Waals surface area contributed by atoms with Crippen LogP contribution in [-0.2, 0) is 19.1 Å². The number of imide groups is 1. The number of ether oxygens (including phenoxy) is 1. The quantitative estimate of drug-likeness (QED) is 0.406. The first-order valence-electron chi connectivity index (χ1n) is 7.31. The third-order valence-corrected chi connectivity index (χ3v) is 3.37. The lowest BCUT2D eigenvalue weighted by Crippen LogP contribution is -2.57. The molecule has 0 bridgehead atoms. The van der Waals surface area contributed by atoms with Crippen molar-refractivity contribution >= 4 is 17.8 Å². The second-order valence-corrected chi connectivity index (χ2v) is 4.92. The molecule has 1 saturated heterocycles. The summed E-state index contributed by atoms with van der Waals surface area (Å²) in [6.07, 6.45) is 3.67. The van der Waals surface area contributed by atoms with Crippen LogP contribution in [0.3, 0.4) is 0 Å². The molecule has 20 heavy (non-hydrogen) atoms. The van der Waals surface area contributed by atoms with Gasteiger partial charge in [0.2, 0.25) is 11.8 Å². The lowest BCUT2D eigenvalue weighted by Gasteiger charge is -2.33. The van der Waals surface area contributed by atoms with Crippen molar-refractivity contribution in [3.8, 4) is 0 Å². The van der Waals surface area contributed by atoms with Gasteiger partial charge in [0.15, 0.2) is 0 Å². The van der Waals surface area contributed by atoms with E-state index in [-0.39, 0.29) is 30.4 Å². The van der Waals surface area contributed by atoms with Gasteiger partial charge in [0.25, 0.3) is 0 Å². The van der Waals surface area contributed by atoms with Crippen molar-refractivity contribution in [2.45, 2.75) is 52.0 Å². The minimum Gasteiger partial charge on any atom is -0.466 e. The number of rotatable bonds is 8. The van der Waals surface area contributed by atoms with Crippen LogP contribution in [0.15, 0.2) is 0 Å². The second-order valence-electron chi connectivity index (χ2n) is 4.92. The predicted molar refractivity (Wildman–Crippen MR) is 73.9 cm³/mol. The fourth-order valence-electron chi connectivity index (χ4n) is 2.39. The number of hydrogen-bond donors (Lipinski definition) is 1. The zero-order valence-corrected chi connectivity index (χ0v) is 12.3. The summed E-state index contributed by atoms with van der Waals surface area (Å²) in [5.74, 6) is -0.590. The van der Waals surface area contributed by atoms with E-state index in [1.54, 1.807) is 6.92 Å². The van der Waals surface area contributed by atoms with Gasteiger partial charge in [-0.05, 0) is 32.7 Å². The summed E-state index contributed by atoms with van der Waals surface area (Å²) in [6.45, 7) is 5.14. The topological polar surface area (TPSA) is 75.7 Å². The third-order valence-electron chi connectivity index (χ3n) is 3.37. The Hall–Kier alpha value is -1.43. The lowest BCUT2D eigenvalue weighted by atomic mass is 10.1. The van der Waals surface area contributed by atoms with Gasteiger partial charge in [-0.2, -0.15) is 0 Å². The van der Waals surface area contributed by atoms with E-state index in [2.05, 4.69) is 5.32 Å². The Morgan fingerprint density at radius 3 is 2.70 bits per heavy atom. The minimum absolute atomic E-state index is 0.161. The van der Waals surface area contributed by atoms with E-state index in [0.29, 0.717) is 26.0 Å². The minimum atomic E-state index is -0.230. The first-order valence-corrected chi connectivity index (χ1v) is 7.31. The molecule has 114 valence electrons. The van der Waals surface area contributed by atoms with Crippen LogP contribution in [-0.4, -0.2) is 48.4 Å². The van der Waals surface area contributed by atoms with Crippen LogP contribution in [0.2, 0.25) is 0 Å². The van der Waals surface area contributed by atoms with Gasteiger partial charge in [0, 0.05) is 6.42 Å². The Labute approximate surface area is 119 Å². The van der Waals surface area contributed by atoms with Crippen LogP contribution in [0.5, 0.6) is 0 Å². The van der Waals surface area contributed by atoms with Crippen molar-refractivity contribution in [2.75, 3.05) is 19.7 Å². The molecule has 0 aliphatic carbocycles. The lowest BCUT2D eigenvalue weighted by molar-refractivity contribution is -0.143. The number of esters is 1. The monoisotopic (exact) mass is 284 g/mol. The molecule has 1 fully saturated rings. The van der Waals surface area contributed by atoms with Crippen molar-refractivity contribution in [2.24, 2.45) is 0 Å². The highest BCUT2D eigenvalue weighted by atomic mass is 16.5. The van der Waals surface area contributed by atoms with Crippen molar-refractivity contribution in [1.82, 2.24) is 10.2 Å². The Balaban J connectivity index is 2.24. The fraction of sp³-hybridized carbons (Fsp3) is 0.786. The SMILES string of the molecule is CCOC(=O)CCCCCN1CC(=O)NC(=O)C1CC. The molecule has 0 saturated carbocycles. The molecule has 6 nitrogen and oxygen atoms in total. The van der Waals surface area contributed by atoms with Crippen LogP contribution in [0.25, 0.3) is 0 Å². The maximum absolute atomic E-state index is 11.7. The molecular weight excluding hydrogens is 260 g/mol. The standard InChI is InChI=1S/C14H24N2O4/c1-3-11-14(19)15-12(17)10-16(11)9-7-5-6-8-13(18)20-4-2/h11H,3-10H2,1-2H3,(H,15,17,19). The zero-order valence-electron chi connectivity index (χ0n) is 12.3. The predicted octanol–water partition coefficient (Wildman–Crippen LogP) is 0.847. The Morgan fingerprint density at radius 1 is 1.30 bits per heavy atom. The second kappa shape index (κ2) is 8.68. The van der Waals surface area contributed by atoms with Crippen molar-refractivity contribution < 1.29 is 19.1 Å². The largest absolute Gasteiger partial charge is 0.466 e. The average Bonchev–Trinajstić information content (AvgIpc) is 2.38. The number of unbranched alkanes of at least 4 members (excludes halogenated alkanes) is 2. The molecule has 1 unspecified atom stereocenters. The number of hydrogen-bond acceptors (Lipinski definition) is 5. The van der Waals surface area contributed by atoms with Gasteiger partial charge in [-0.15, -0.1) is 0 Å². The number of nitrogens with one attached hydrogen (secondary N) is 1. The molecule has 1 heterocycles. The summed E-state index contributed by atoms with van der Waals surface area (Å²) in [4.78, 5) is 36.1. The number of nitrogens with zero attached hydrogens (tertiary/aromatic N) is 1. The molecule has 2 amide bonds. The van der Waals surface area contributed by atoms with E-state index in [9.17, 15) is 14.4 Å². The van der Waals surface area contributed by atoms with E-state index in [1.165, 1.54) is 0 Å². The summed E-state index contributed by atoms with van der Waals surface area (Å²) in [6, 6.07) is -0.210. The van der Waals surface area contributed by atoms with E-state index in [4.69, 9.17) is 4.74 Å². The van der Waals surface area contributed by atoms with Crippen molar-refractivity contribution in [1.29, 1.82) is 0 Å². The van der Waals surface area contributed by atoms with Gasteiger partial charge in [0.1, 0.15) is 0 Å². The van der Waals surface area contributed by atoms with E-state index in [0.717, 1.165) is 19.3 Å². The van der Waals surface area contributed by atoms with Crippen LogP contribution >= 0.6 is 0 Å². The maximum Gasteiger partial charge on any atom is 0.305 e. The first kappa shape index (κ1) is 16.6. The molecule has 1 atom stereocenters. The molecular formula is C14H24N2O4. The zero-order chi connectivity index (χ0) is 15.0. The number of amides is 2. The molecule has 1 rings (SSSR count). The molecule has 1 N–H and O–H groups in total. The van der Waals surface area contributed by atoms with Crippen molar-refractivity contribution in [3.05, 3.63) is 0 Å². The van der Waals surface area contributed by atoms with E-state index in [1.807, 2.05) is 11.8 Å². The Kier molecular flexibility index (Phi) is 7.22. The highest BCUT2D eigenvalue weighted by molar-refractivity contribution is 6.01. The molecule has 0 aromatic rings. The van der Waals surface area contributed by atoms with Gasteiger partial charge < -0.3 is 4.74 Å². The van der Waals surface area contributed by atoms with Crippen LogP contribution in [0, 0.1) is 0 Å². The molecule has 1 aliphatic rings. The average molecular weight is 284 g/mol. The van der Waals surface area contributed by atoms with Gasteiger partial charge >= 0.3 is 5.97 Å². The van der Waals surface area contributed by atoms with Gasteiger partial charge in [-0.25, -0.2) is 0 Å². The third kappa shape index (κ3) is 5.28. The Bertz CT molecular complexity index is 357. The van der Waals surface area contributed by atoms with Gasteiger partial charge in [0.05, 0.1) is 19.2 Å². The smallest absolute Gasteiger partial charge is 0.305 e. The number of carbonyl (C=O) groups is 3. The van der Waals surface area contributed by atoms with Crippen LogP contribution < -0.4 is 5.32 Å². The molecule has 0 spiro atoms. The van der Waals surface area contributed by atoms with Crippen LogP contribution in [0.4, 0.5) is 0 Å². The van der Waals surface area contributed by atoms with E-state index < -0.39 is 0 Å². The summed E-state index contributed by atoms with van der Waals surface area (Å²) in [5.41, 5.74) is 0. The van der Waals surface area contributed by atoms with Gasteiger partial charge in [-0.3, -0.25) is 24.6 Å². The van der Waals surface area contributed by atoms with Crippen molar-refractivity contribution in [3.63, 3.8) is 0 Å².